The van der Waals surface area contributed by atoms with E-state index in [2.05, 4.69) is 10.3 Å². The quantitative estimate of drug-likeness (QED) is 0.823. The summed E-state index contributed by atoms with van der Waals surface area (Å²) < 4.78 is 0. The number of nitrogens with zero attached hydrogens (tertiary/aromatic N) is 1. The van der Waals surface area contributed by atoms with Crippen LogP contribution in [0.3, 0.4) is 0 Å². The minimum Gasteiger partial charge on any atom is -0.312 e. The Bertz CT molecular complexity index is 427. The van der Waals surface area contributed by atoms with Gasteiger partial charge < -0.3 is 5.32 Å². The third kappa shape index (κ3) is 3.07. The van der Waals surface area contributed by atoms with Gasteiger partial charge in [-0.1, -0.05) is 18.5 Å². The lowest BCUT2D eigenvalue weighted by molar-refractivity contribution is 0.0967. The summed E-state index contributed by atoms with van der Waals surface area (Å²) in [6.45, 7) is 5.72. The van der Waals surface area contributed by atoms with E-state index < -0.39 is 0 Å². The first kappa shape index (κ1) is 12.7. The van der Waals surface area contributed by atoms with Crippen molar-refractivity contribution >= 4 is 17.5 Å². The van der Waals surface area contributed by atoms with E-state index in [0.29, 0.717) is 10.7 Å². The Labute approximate surface area is 101 Å². The molecule has 0 aromatic carbocycles. The highest BCUT2D eigenvalue weighted by Crippen LogP contribution is 2.11. The van der Waals surface area contributed by atoms with Crippen molar-refractivity contribution in [1.29, 1.82) is 0 Å². The maximum Gasteiger partial charge on any atom is 0.256 e. The van der Waals surface area contributed by atoms with Gasteiger partial charge in [0.25, 0.3) is 5.91 Å². The summed E-state index contributed by atoms with van der Waals surface area (Å²) in [6.07, 6.45) is 4.06. The van der Waals surface area contributed by atoms with Gasteiger partial charge in [-0.2, -0.15) is 0 Å². The Hall–Kier alpha value is -1.35. The molecule has 1 amide bonds. The Morgan fingerprint density at radius 3 is 2.81 bits per heavy atom. The predicted molar refractivity (Wildman–Crippen MR) is 65.3 cm³/mol. The van der Waals surface area contributed by atoms with Crippen molar-refractivity contribution in [3.8, 4) is 0 Å². The standard InChI is InChI=1S/C12H15ClN2O/c1-4-8(2)11(13)15-12(16)10-5-6-14-7-9(10)3/h5-7H,4H2,1-3H3,(H,15,16)/b11-8+. The molecule has 0 spiro atoms. The molecular weight excluding hydrogens is 224 g/mol. The van der Waals surface area contributed by atoms with Crippen LogP contribution in [0, 0.1) is 6.92 Å². The zero-order valence-corrected chi connectivity index (χ0v) is 10.4. The van der Waals surface area contributed by atoms with E-state index in [1.165, 1.54) is 0 Å². The Balaban J connectivity index is 2.86. The Morgan fingerprint density at radius 2 is 2.25 bits per heavy atom. The van der Waals surface area contributed by atoms with Crippen LogP contribution in [0.2, 0.25) is 0 Å². The van der Waals surface area contributed by atoms with Crippen LogP contribution < -0.4 is 5.32 Å². The summed E-state index contributed by atoms with van der Waals surface area (Å²) >= 11 is 5.96. The van der Waals surface area contributed by atoms with Gasteiger partial charge in [-0.15, -0.1) is 0 Å². The molecule has 0 radical (unpaired) electrons. The summed E-state index contributed by atoms with van der Waals surface area (Å²) in [6, 6.07) is 1.68. The van der Waals surface area contributed by atoms with Crippen molar-refractivity contribution in [3.63, 3.8) is 0 Å². The van der Waals surface area contributed by atoms with Gasteiger partial charge in [-0.05, 0) is 37.5 Å². The van der Waals surface area contributed by atoms with Crippen molar-refractivity contribution in [2.45, 2.75) is 27.2 Å². The first-order chi connectivity index (χ1) is 7.56. The first-order valence-corrected chi connectivity index (χ1v) is 5.51. The SMILES string of the molecule is CC/C(C)=C(\Cl)NC(=O)c1ccncc1C. The van der Waals surface area contributed by atoms with Crippen molar-refractivity contribution < 1.29 is 4.79 Å². The number of rotatable bonds is 3. The first-order valence-electron chi connectivity index (χ1n) is 5.13. The second-order valence-electron chi connectivity index (χ2n) is 3.59. The van der Waals surface area contributed by atoms with Crippen LogP contribution in [-0.4, -0.2) is 10.9 Å². The fourth-order valence-electron chi connectivity index (χ4n) is 1.16. The van der Waals surface area contributed by atoms with Gasteiger partial charge in [-0.3, -0.25) is 9.78 Å². The molecule has 0 unspecified atom stereocenters. The fourth-order valence-corrected chi connectivity index (χ4v) is 1.38. The Kier molecular flexibility index (Phi) is 4.50. The van der Waals surface area contributed by atoms with Crippen molar-refractivity contribution in [2.75, 3.05) is 0 Å². The highest BCUT2D eigenvalue weighted by molar-refractivity contribution is 6.31. The molecule has 1 heterocycles. The zero-order chi connectivity index (χ0) is 12.1. The van der Waals surface area contributed by atoms with Gasteiger partial charge in [0.2, 0.25) is 0 Å². The summed E-state index contributed by atoms with van der Waals surface area (Å²) in [5, 5.41) is 3.07. The molecule has 1 aromatic heterocycles. The third-order valence-electron chi connectivity index (χ3n) is 2.39. The van der Waals surface area contributed by atoms with Gasteiger partial charge in [-0.25, -0.2) is 0 Å². The fraction of sp³-hybridized carbons (Fsp3) is 0.333. The van der Waals surface area contributed by atoms with Crippen LogP contribution in [0.4, 0.5) is 0 Å². The molecule has 0 bridgehead atoms. The number of halogens is 1. The molecule has 1 N–H and O–H groups in total. The number of hydrogen-bond donors (Lipinski definition) is 1. The van der Waals surface area contributed by atoms with Crippen molar-refractivity contribution in [3.05, 3.63) is 40.3 Å². The lowest BCUT2D eigenvalue weighted by atomic mass is 10.1. The van der Waals surface area contributed by atoms with E-state index in [-0.39, 0.29) is 5.91 Å². The molecule has 1 aromatic rings. The number of nitrogens with one attached hydrogen (secondary N) is 1. The molecule has 4 heteroatoms. The minimum absolute atomic E-state index is 0.197. The van der Waals surface area contributed by atoms with Crippen molar-refractivity contribution in [2.24, 2.45) is 0 Å². The highest BCUT2D eigenvalue weighted by Gasteiger charge is 2.10. The topological polar surface area (TPSA) is 42.0 Å². The lowest BCUT2D eigenvalue weighted by Crippen LogP contribution is -2.22. The number of amides is 1. The number of aromatic nitrogens is 1. The van der Waals surface area contributed by atoms with E-state index >= 15 is 0 Å². The zero-order valence-electron chi connectivity index (χ0n) is 9.67. The summed E-state index contributed by atoms with van der Waals surface area (Å²) in [5.74, 6) is -0.197. The number of carbonyl (C=O) groups excluding carboxylic acids is 1. The summed E-state index contributed by atoms with van der Waals surface area (Å²) in [4.78, 5) is 15.8. The van der Waals surface area contributed by atoms with Crippen LogP contribution in [0.25, 0.3) is 0 Å². The van der Waals surface area contributed by atoms with E-state index in [1.807, 2.05) is 20.8 Å². The Morgan fingerprint density at radius 1 is 1.56 bits per heavy atom. The number of allylic oxidation sites excluding steroid dienone is 1. The van der Waals surface area contributed by atoms with Crippen LogP contribution in [0.5, 0.6) is 0 Å². The molecule has 0 aliphatic heterocycles. The average Bonchev–Trinajstić information content (AvgIpc) is 2.28. The number of aryl methyl sites for hydroxylation is 1. The van der Waals surface area contributed by atoms with Crippen molar-refractivity contribution in [1.82, 2.24) is 10.3 Å². The number of hydrogen-bond acceptors (Lipinski definition) is 2. The second kappa shape index (κ2) is 5.66. The summed E-state index contributed by atoms with van der Waals surface area (Å²) in [7, 11) is 0. The molecule has 0 atom stereocenters. The van der Waals surface area contributed by atoms with Gasteiger partial charge in [0.05, 0.1) is 0 Å². The van der Waals surface area contributed by atoms with Gasteiger partial charge in [0.15, 0.2) is 0 Å². The third-order valence-corrected chi connectivity index (χ3v) is 2.81. The molecule has 0 aliphatic rings. The van der Waals surface area contributed by atoms with Gasteiger partial charge in [0, 0.05) is 18.0 Å². The average molecular weight is 239 g/mol. The molecule has 86 valence electrons. The number of carbonyl (C=O) groups is 1. The van der Waals surface area contributed by atoms with Crippen LogP contribution in [0.15, 0.2) is 29.2 Å². The van der Waals surface area contributed by atoms with E-state index in [0.717, 1.165) is 17.6 Å². The van der Waals surface area contributed by atoms with E-state index in [1.54, 1.807) is 18.5 Å². The normalized spacial score (nSPS) is 12.0. The summed E-state index contributed by atoms with van der Waals surface area (Å²) in [5.41, 5.74) is 2.39. The largest absolute Gasteiger partial charge is 0.312 e. The molecule has 0 saturated heterocycles. The van der Waals surface area contributed by atoms with Gasteiger partial charge in [0.1, 0.15) is 5.16 Å². The molecule has 16 heavy (non-hydrogen) atoms. The second-order valence-corrected chi connectivity index (χ2v) is 3.97. The van der Waals surface area contributed by atoms with E-state index in [9.17, 15) is 4.79 Å². The maximum absolute atomic E-state index is 11.8. The molecule has 1 rings (SSSR count). The predicted octanol–water partition coefficient (Wildman–Crippen LogP) is 3.00. The van der Waals surface area contributed by atoms with Crippen LogP contribution in [0.1, 0.15) is 36.2 Å². The molecule has 3 nitrogen and oxygen atoms in total. The molecule has 0 saturated carbocycles. The van der Waals surface area contributed by atoms with Crippen LogP contribution in [-0.2, 0) is 0 Å². The highest BCUT2D eigenvalue weighted by atomic mass is 35.5. The molecule has 0 aliphatic carbocycles. The monoisotopic (exact) mass is 238 g/mol. The smallest absolute Gasteiger partial charge is 0.256 e. The number of pyridine rings is 1. The minimum atomic E-state index is -0.197. The van der Waals surface area contributed by atoms with Gasteiger partial charge >= 0.3 is 0 Å². The molecular formula is C12H15ClN2O. The molecule has 0 fully saturated rings. The maximum atomic E-state index is 11.8. The lowest BCUT2D eigenvalue weighted by Gasteiger charge is -2.08. The van der Waals surface area contributed by atoms with E-state index in [4.69, 9.17) is 11.6 Å². The van der Waals surface area contributed by atoms with Crippen LogP contribution >= 0.6 is 11.6 Å².